The predicted molar refractivity (Wildman–Crippen MR) is 63.6 cm³/mol. The van der Waals surface area contributed by atoms with E-state index in [1.54, 1.807) is 16.3 Å². The van der Waals surface area contributed by atoms with Crippen LogP contribution in [-0.2, 0) is 4.74 Å². The van der Waals surface area contributed by atoms with Gasteiger partial charge >= 0.3 is 11.4 Å². The molecule has 0 aliphatic carbocycles. The lowest BCUT2D eigenvalue weighted by Gasteiger charge is -2.23. The summed E-state index contributed by atoms with van der Waals surface area (Å²) in [7, 11) is 0. The summed E-state index contributed by atoms with van der Waals surface area (Å²) in [6, 6.07) is 0. The maximum atomic E-state index is 14.9. The van der Waals surface area contributed by atoms with Crippen LogP contribution >= 0.6 is 11.6 Å². The van der Waals surface area contributed by atoms with Crippen LogP contribution in [0.4, 0.5) is 4.39 Å². The molecule has 1 unspecified atom stereocenters. The van der Waals surface area contributed by atoms with Crippen LogP contribution in [0.2, 0.25) is 0 Å². The minimum Gasteiger partial charge on any atom is -0.394 e. The van der Waals surface area contributed by atoms with Gasteiger partial charge in [0, 0.05) is 5.38 Å². The first-order valence-corrected chi connectivity index (χ1v) is 5.54. The van der Waals surface area contributed by atoms with Crippen molar-refractivity contribution in [3.8, 4) is 11.3 Å². The summed E-state index contributed by atoms with van der Waals surface area (Å²) in [5, 5.41) is 20.9. The van der Waals surface area contributed by atoms with Gasteiger partial charge in [-0.2, -0.15) is 4.98 Å². The normalized spacial score (nSPS) is 34.9. The highest BCUT2D eigenvalue weighted by atomic mass is 35.5. The van der Waals surface area contributed by atoms with Crippen molar-refractivity contribution in [1.82, 2.24) is 14.5 Å². The van der Waals surface area contributed by atoms with Crippen LogP contribution in [0, 0.1) is 11.3 Å². The van der Waals surface area contributed by atoms with E-state index in [0.717, 1.165) is 0 Å². The van der Waals surface area contributed by atoms with Crippen molar-refractivity contribution in [2.75, 3.05) is 6.56 Å². The summed E-state index contributed by atoms with van der Waals surface area (Å²) in [5.41, 5.74) is -5.15. The number of rotatable bonds is 2. The molecule has 20 heavy (non-hydrogen) atoms. The zero-order chi connectivity index (χ0) is 16.7. The van der Waals surface area contributed by atoms with Gasteiger partial charge in [0.1, 0.15) is 18.5 Å². The Kier molecular flexibility index (Phi) is 3.21. The topological polar surface area (TPSA) is 117 Å². The van der Waals surface area contributed by atoms with Crippen LogP contribution < -0.4 is 11.4 Å². The number of halogens is 2. The molecule has 0 radical (unpaired) electrons. The molecular formula is C10H9ClFN3O5. The second-order valence-electron chi connectivity index (χ2n) is 3.86. The molecule has 1 saturated heterocycles. The van der Waals surface area contributed by atoms with Gasteiger partial charge in [-0.05, 0) is 17.5 Å². The Morgan fingerprint density at radius 3 is 3.00 bits per heavy atom. The van der Waals surface area contributed by atoms with E-state index in [0.29, 0.717) is 10.9 Å². The minimum absolute atomic E-state index is 0.456. The first kappa shape index (κ1) is 12.0. The first-order chi connectivity index (χ1) is 10.1. The molecule has 1 aromatic heterocycles. The predicted octanol–water partition coefficient (Wildman–Crippen LogP) is -1.91. The van der Waals surface area contributed by atoms with Gasteiger partial charge < -0.3 is 14.9 Å². The smallest absolute Gasteiger partial charge is 0.350 e. The lowest BCUT2D eigenvalue weighted by molar-refractivity contribution is -0.0548. The summed E-state index contributed by atoms with van der Waals surface area (Å²) in [6.45, 7) is -3.13. The molecule has 108 valence electrons. The Labute approximate surface area is 118 Å². The van der Waals surface area contributed by atoms with Gasteiger partial charge in [-0.25, -0.2) is 14.0 Å². The molecule has 1 aromatic rings. The third-order valence-corrected chi connectivity index (χ3v) is 2.81. The fourth-order valence-electron chi connectivity index (χ4n) is 1.78. The van der Waals surface area contributed by atoms with E-state index in [4.69, 9.17) is 19.1 Å². The Balaban J connectivity index is 2.59. The Morgan fingerprint density at radius 2 is 2.45 bits per heavy atom. The largest absolute Gasteiger partial charge is 0.394 e. The Hall–Kier alpha value is -1.73. The Morgan fingerprint density at radius 1 is 1.75 bits per heavy atom. The lowest BCUT2D eigenvalue weighted by Crippen LogP contribution is -2.45. The van der Waals surface area contributed by atoms with Crippen molar-refractivity contribution in [2.45, 2.75) is 24.1 Å². The number of ether oxygens (including phenoxy) is 1. The van der Waals surface area contributed by atoms with E-state index in [9.17, 15) is 24.2 Å². The second kappa shape index (κ2) is 5.34. The number of H-pyrrole nitrogens is 1. The zero-order valence-electron chi connectivity index (χ0n) is 11.6. The number of hydrogen-bond donors (Lipinski definition) is 3. The number of aliphatic hydroxyl groups excluding tert-OH is 1. The van der Waals surface area contributed by atoms with E-state index in [1.807, 2.05) is 0 Å². The van der Waals surface area contributed by atoms with Crippen LogP contribution in [0.25, 0.3) is 0 Å². The van der Waals surface area contributed by atoms with Gasteiger partial charge in [-0.1, -0.05) is 0 Å². The molecule has 0 spiro atoms. The quantitative estimate of drug-likeness (QED) is 0.549. The number of aliphatic hydroxyl groups is 2. The molecule has 1 aliphatic heterocycles. The zero-order valence-corrected chi connectivity index (χ0v) is 10.3. The van der Waals surface area contributed by atoms with Gasteiger partial charge in [0.15, 0.2) is 6.23 Å². The second-order valence-corrected chi connectivity index (χ2v) is 4.05. The van der Waals surface area contributed by atoms with Crippen molar-refractivity contribution in [2.24, 2.45) is 0 Å². The highest BCUT2D eigenvalue weighted by Gasteiger charge is 2.58. The van der Waals surface area contributed by atoms with E-state index < -0.39 is 42.0 Å². The van der Waals surface area contributed by atoms with Crippen molar-refractivity contribution in [3.63, 3.8) is 0 Å². The monoisotopic (exact) mass is 307 g/mol. The van der Waals surface area contributed by atoms with Crippen LogP contribution in [0.5, 0.6) is 0 Å². The number of nitrogens with zero attached hydrogens (tertiary/aromatic N) is 2. The van der Waals surface area contributed by atoms with Gasteiger partial charge in [0.2, 0.25) is 5.67 Å². The summed E-state index contributed by atoms with van der Waals surface area (Å²) in [4.78, 5) is 27.6. The fourth-order valence-corrected chi connectivity index (χ4v) is 1.92. The van der Waals surface area contributed by atoms with Crippen molar-refractivity contribution in [1.29, 1.82) is 0 Å². The van der Waals surface area contributed by atoms with Crippen LogP contribution in [-0.4, -0.2) is 49.2 Å². The summed E-state index contributed by atoms with van der Waals surface area (Å²) in [6.07, 6.45) is -5.67. The molecule has 8 nitrogen and oxygen atoms in total. The van der Waals surface area contributed by atoms with Gasteiger partial charge in [0.25, 0.3) is 0 Å². The molecule has 2 rings (SSSR count). The third-order valence-electron chi connectivity index (χ3n) is 2.72. The first-order valence-electron chi connectivity index (χ1n) is 6.16. The highest BCUT2D eigenvalue weighted by Crippen LogP contribution is 2.40. The molecule has 0 bridgehead atoms. The average molecular weight is 308 g/mol. The molecule has 1 aliphatic rings. The van der Waals surface area contributed by atoms with Crippen LogP contribution in [0.1, 0.15) is 8.97 Å². The SMILES string of the molecule is [2H]C([2H])(O)[C@H]1O[C@@H](n2cnc(=O)[nH]c2=O)C(F)(C#CCl)[C@H]1O. The van der Waals surface area contributed by atoms with Crippen LogP contribution in [0.15, 0.2) is 15.9 Å². The fraction of sp³-hybridized carbons (Fsp3) is 0.500. The van der Waals surface area contributed by atoms with Gasteiger partial charge in [0.05, 0.1) is 9.30 Å². The van der Waals surface area contributed by atoms with E-state index >= 15 is 0 Å². The highest BCUT2D eigenvalue weighted by molar-refractivity contribution is 6.30. The maximum absolute atomic E-state index is 14.9. The summed E-state index contributed by atoms with van der Waals surface area (Å²) in [5.74, 6) is 1.78. The summed E-state index contributed by atoms with van der Waals surface area (Å²) < 4.78 is 34.6. The van der Waals surface area contributed by atoms with E-state index in [2.05, 4.69) is 4.98 Å². The number of aromatic nitrogens is 3. The Bertz CT molecular complexity index is 754. The van der Waals surface area contributed by atoms with E-state index in [1.165, 1.54) is 0 Å². The molecule has 0 aromatic carbocycles. The standard InChI is InChI=1S/C10H9ClFN3O5/c11-2-1-10(12)6(17)5(3-16)20-7(10)15-4-13-8(18)14-9(15)19/h4-7,16-17H,3H2,(H,14,18,19)/t5-,6+,7-,10?/m1/s1/i3D2. The van der Waals surface area contributed by atoms with Crippen LogP contribution in [0.3, 0.4) is 0 Å². The van der Waals surface area contributed by atoms with Crippen molar-refractivity contribution >= 4 is 11.6 Å². The van der Waals surface area contributed by atoms with Crippen molar-refractivity contribution < 1.29 is 22.1 Å². The number of nitrogens with one attached hydrogen (secondary N) is 1. The molecule has 4 atom stereocenters. The minimum atomic E-state index is -3.13. The molecule has 0 saturated carbocycles. The molecule has 1 fully saturated rings. The number of hydrogen-bond acceptors (Lipinski definition) is 6. The van der Waals surface area contributed by atoms with Gasteiger partial charge in [-0.15, -0.1) is 0 Å². The lowest BCUT2D eigenvalue weighted by atomic mass is 9.97. The van der Waals surface area contributed by atoms with Gasteiger partial charge in [-0.3, -0.25) is 9.55 Å². The van der Waals surface area contributed by atoms with E-state index in [-0.39, 0.29) is 0 Å². The molecular weight excluding hydrogens is 297 g/mol. The number of aromatic amines is 1. The van der Waals surface area contributed by atoms with Crippen molar-refractivity contribution in [3.05, 3.63) is 27.3 Å². The molecule has 3 N–H and O–H groups in total. The maximum Gasteiger partial charge on any atom is 0.350 e. The third kappa shape index (κ3) is 2.23. The average Bonchev–Trinajstić information content (AvgIpc) is 2.63. The molecule has 10 heteroatoms. The summed E-state index contributed by atoms with van der Waals surface area (Å²) >= 11 is 5.13. The number of alkyl halides is 1. The molecule has 0 amide bonds. The molecule has 2 heterocycles.